The molecule has 110 valence electrons. The molecule has 0 amide bonds. The second-order valence-electron chi connectivity index (χ2n) is 5.39. The van der Waals surface area contributed by atoms with E-state index in [-0.39, 0.29) is 24.4 Å². The standard InChI is InChI=1S/C15H19F2NO2/c16-15(17,13-4-2-1-3-5-13)11-18-9-8-12(10-18)6-7-14(19)20/h1-5,12H,6-11H2,(H,19,20). The van der Waals surface area contributed by atoms with Crippen molar-refractivity contribution >= 4 is 5.97 Å². The highest BCUT2D eigenvalue weighted by Gasteiger charge is 2.36. The molecule has 0 bridgehead atoms. The Kier molecular flexibility index (Phi) is 4.70. The smallest absolute Gasteiger partial charge is 0.303 e. The first-order chi connectivity index (χ1) is 9.47. The molecule has 1 aliphatic heterocycles. The van der Waals surface area contributed by atoms with Crippen LogP contribution in [-0.2, 0) is 10.7 Å². The molecule has 1 fully saturated rings. The van der Waals surface area contributed by atoms with Gasteiger partial charge in [-0.25, -0.2) is 0 Å². The second-order valence-corrected chi connectivity index (χ2v) is 5.39. The molecule has 1 atom stereocenters. The van der Waals surface area contributed by atoms with Crippen LogP contribution in [0.3, 0.4) is 0 Å². The topological polar surface area (TPSA) is 40.5 Å². The van der Waals surface area contributed by atoms with Gasteiger partial charge in [0.15, 0.2) is 0 Å². The van der Waals surface area contributed by atoms with E-state index in [1.807, 2.05) is 0 Å². The Bertz CT molecular complexity index is 450. The Morgan fingerprint density at radius 2 is 2.05 bits per heavy atom. The molecule has 1 heterocycles. The Hall–Kier alpha value is -1.49. The fourth-order valence-corrected chi connectivity index (χ4v) is 2.67. The number of likely N-dealkylation sites (tertiary alicyclic amines) is 1. The number of carbonyl (C=O) groups is 1. The number of carboxylic acid groups (broad SMARTS) is 1. The molecule has 0 spiro atoms. The number of hydrogen-bond acceptors (Lipinski definition) is 2. The first-order valence-electron chi connectivity index (χ1n) is 6.85. The lowest BCUT2D eigenvalue weighted by atomic mass is 10.0. The highest BCUT2D eigenvalue weighted by molar-refractivity contribution is 5.66. The summed E-state index contributed by atoms with van der Waals surface area (Å²) in [6.45, 7) is 0.892. The van der Waals surface area contributed by atoms with E-state index in [4.69, 9.17) is 5.11 Å². The van der Waals surface area contributed by atoms with Gasteiger partial charge in [-0.1, -0.05) is 30.3 Å². The van der Waals surface area contributed by atoms with E-state index in [0.717, 1.165) is 6.42 Å². The van der Waals surface area contributed by atoms with E-state index < -0.39 is 11.9 Å². The lowest BCUT2D eigenvalue weighted by Crippen LogP contribution is -2.33. The lowest BCUT2D eigenvalue weighted by molar-refractivity contribution is -0.137. The number of aliphatic carboxylic acids is 1. The average molecular weight is 283 g/mol. The first-order valence-corrected chi connectivity index (χ1v) is 6.85. The number of alkyl halides is 2. The molecule has 1 aromatic rings. The molecule has 1 aromatic carbocycles. The maximum atomic E-state index is 14.1. The first kappa shape index (κ1) is 14.9. The van der Waals surface area contributed by atoms with Gasteiger partial charge in [0.25, 0.3) is 5.92 Å². The molecule has 0 aromatic heterocycles. The number of benzene rings is 1. The minimum absolute atomic E-state index is 0.0361. The number of halogens is 2. The third-order valence-corrected chi connectivity index (χ3v) is 3.75. The van der Waals surface area contributed by atoms with Crippen molar-refractivity contribution in [2.75, 3.05) is 19.6 Å². The third-order valence-electron chi connectivity index (χ3n) is 3.75. The molecular formula is C15H19F2NO2. The maximum Gasteiger partial charge on any atom is 0.303 e. The highest BCUT2D eigenvalue weighted by Crippen LogP contribution is 2.31. The Balaban J connectivity index is 1.87. The number of rotatable bonds is 6. The van der Waals surface area contributed by atoms with Crippen LogP contribution in [0.4, 0.5) is 8.78 Å². The van der Waals surface area contributed by atoms with Crippen LogP contribution in [0.5, 0.6) is 0 Å². The van der Waals surface area contributed by atoms with Crippen molar-refractivity contribution in [3.63, 3.8) is 0 Å². The van der Waals surface area contributed by atoms with Crippen molar-refractivity contribution in [3.05, 3.63) is 35.9 Å². The predicted molar refractivity (Wildman–Crippen MR) is 71.8 cm³/mol. The van der Waals surface area contributed by atoms with Gasteiger partial charge in [-0.05, 0) is 25.3 Å². The van der Waals surface area contributed by atoms with E-state index in [1.54, 1.807) is 23.1 Å². The van der Waals surface area contributed by atoms with E-state index in [2.05, 4.69) is 0 Å². The van der Waals surface area contributed by atoms with Gasteiger partial charge in [0.2, 0.25) is 0 Å². The summed E-state index contributed by atoms with van der Waals surface area (Å²) in [5.74, 6) is -3.46. The summed E-state index contributed by atoms with van der Waals surface area (Å²) >= 11 is 0. The van der Waals surface area contributed by atoms with E-state index in [0.29, 0.717) is 19.5 Å². The van der Waals surface area contributed by atoms with Crippen molar-refractivity contribution in [1.29, 1.82) is 0 Å². The SMILES string of the molecule is O=C(O)CCC1CCN(CC(F)(F)c2ccccc2)C1. The molecule has 5 heteroatoms. The second kappa shape index (κ2) is 6.31. The van der Waals surface area contributed by atoms with Crippen molar-refractivity contribution < 1.29 is 18.7 Å². The van der Waals surface area contributed by atoms with Crippen LogP contribution >= 0.6 is 0 Å². The van der Waals surface area contributed by atoms with Crippen LogP contribution < -0.4 is 0 Å². The summed E-state index contributed by atoms with van der Waals surface area (Å²) in [7, 11) is 0. The molecule has 3 nitrogen and oxygen atoms in total. The molecule has 1 unspecified atom stereocenters. The maximum absolute atomic E-state index is 14.1. The van der Waals surface area contributed by atoms with Crippen LogP contribution in [0, 0.1) is 5.92 Å². The van der Waals surface area contributed by atoms with Gasteiger partial charge in [0.05, 0.1) is 6.54 Å². The lowest BCUT2D eigenvalue weighted by Gasteiger charge is -2.23. The Labute approximate surface area is 117 Å². The van der Waals surface area contributed by atoms with Gasteiger partial charge >= 0.3 is 5.97 Å². The molecular weight excluding hydrogens is 264 g/mol. The van der Waals surface area contributed by atoms with Gasteiger partial charge < -0.3 is 5.11 Å². The summed E-state index contributed by atoms with van der Waals surface area (Å²) in [5, 5.41) is 8.64. The third kappa shape index (κ3) is 4.00. The van der Waals surface area contributed by atoms with E-state index in [9.17, 15) is 13.6 Å². The summed E-state index contributed by atoms with van der Waals surface area (Å²) in [6, 6.07) is 7.83. The van der Waals surface area contributed by atoms with Gasteiger partial charge in [0, 0.05) is 18.5 Å². The molecule has 1 aliphatic rings. The molecule has 0 saturated carbocycles. The molecule has 1 saturated heterocycles. The van der Waals surface area contributed by atoms with Gasteiger partial charge in [0.1, 0.15) is 0 Å². The van der Waals surface area contributed by atoms with E-state index >= 15 is 0 Å². The van der Waals surface area contributed by atoms with Crippen LogP contribution in [0.2, 0.25) is 0 Å². The number of nitrogens with zero attached hydrogens (tertiary/aromatic N) is 1. The molecule has 0 radical (unpaired) electrons. The Morgan fingerprint density at radius 3 is 2.70 bits per heavy atom. The fourth-order valence-electron chi connectivity index (χ4n) is 2.67. The normalized spacial score (nSPS) is 20.2. The summed E-state index contributed by atoms with van der Waals surface area (Å²) in [4.78, 5) is 12.3. The van der Waals surface area contributed by atoms with Gasteiger partial charge in [-0.3, -0.25) is 9.69 Å². The van der Waals surface area contributed by atoms with Crippen molar-refractivity contribution in [3.8, 4) is 0 Å². The number of hydrogen-bond donors (Lipinski definition) is 1. The predicted octanol–water partition coefficient (Wildman–Crippen LogP) is 2.97. The van der Waals surface area contributed by atoms with Crippen molar-refractivity contribution in [2.45, 2.75) is 25.2 Å². The quantitative estimate of drug-likeness (QED) is 0.872. The Morgan fingerprint density at radius 1 is 1.35 bits per heavy atom. The monoisotopic (exact) mass is 283 g/mol. The van der Waals surface area contributed by atoms with Crippen molar-refractivity contribution in [1.82, 2.24) is 4.90 Å². The fraction of sp³-hybridized carbons (Fsp3) is 0.533. The van der Waals surface area contributed by atoms with Gasteiger partial charge in [-0.15, -0.1) is 0 Å². The van der Waals surface area contributed by atoms with E-state index in [1.165, 1.54) is 12.1 Å². The number of carboxylic acids is 1. The minimum atomic E-state index is -2.86. The average Bonchev–Trinajstić information content (AvgIpc) is 2.84. The van der Waals surface area contributed by atoms with Crippen LogP contribution in [0.15, 0.2) is 30.3 Å². The summed E-state index contributed by atoms with van der Waals surface area (Å²) < 4.78 is 28.2. The highest BCUT2D eigenvalue weighted by atomic mass is 19.3. The van der Waals surface area contributed by atoms with Crippen LogP contribution in [0.1, 0.15) is 24.8 Å². The summed E-state index contributed by atoms with van der Waals surface area (Å²) in [6.07, 6.45) is 1.49. The molecule has 1 N–H and O–H groups in total. The summed E-state index contributed by atoms with van der Waals surface area (Å²) in [5.41, 5.74) is 0.0361. The zero-order chi connectivity index (χ0) is 14.6. The van der Waals surface area contributed by atoms with Crippen molar-refractivity contribution in [2.24, 2.45) is 5.92 Å². The zero-order valence-corrected chi connectivity index (χ0v) is 11.3. The molecule has 0 aliphatic carbocycles. The molecule has 2 rings (SSSR count). The minimum Gasteiger partial charge on any atom is -0.481 e. The van der Waals surface area contributed by atoms with Crippen LogP contribution in [0.25, 0.3) is 0 Å². The largest absolute Gasteiger partial charge is 0.481 e. The van der Waals surface area contributed by atoms with Crippen LogP contribution in [-0.4, -0.2) is 35.6 Å². The zero-order valence-electron chi connectivity index (χ0n) is 11.3. The molecule has 20 heavy (non-hydrogen) atoms. The van der Waals surface area contributed by atoms with Gasteiger partial charge in [-0.2, -0.15) is 8.78 Å².